The first kappa shape index (κ1) is 18.3. The fraction of sp³-hybridized carbons (Fsp3) is 0.588. The first-order chi connectivity index (χ1) is 11.3. The van der Waals surface area contributed by atoms with Gasteiger partial charge < -0.3 is 19.3 Å². The maximum Gasteiger partial charge on any atom is 0.494 e. The molecule has 2 fully saturated rings. The van der Waals surface area contributed by atoms with Gasteiger partial charge in [-0.15, -0.1) is 0 Å². The predicted octanol–water partition coefficient (Wildman–Crippen LogP) is 1.28. The van der Waals surface area contributed by atoms with Crippen molar-refractivity contribution in [3.63, 3.8) is 0 Å². The number of rotatable bonds is 2. The van der Waals surface area contributed by atoms with Crippen LogP contribution in [0.1, 0.15) is 33.3 Å². The number of aliphatic hydroxyl groups is 1. The number of hydrogen-bond acceptors (Lipinski definition) is 4. The number of alkyl halides is 2. The molecule has 0 aromatic heterocycles. The topological polar surface area (TPSA) is 59.0 Å². The zero-order valence-corrected chi connectivity index (χ0v) is 15.0. The summed E-state index contributed by atoms with van der Waals surface area (Å²) in [5.74, 6) is -4.61. The van der Waals surface area contributed by atoms with Gasteiger partial charge in [0.25, 0.3) is 5.91 Å². The standard InChI is InChI=1S/C17H22BF2NO4/c1-14(2)15(3,4)25-18(24-14)12-8-6-7-11(9-12)17(23)13(22)21(5)10-16(17,19)20/h6-9,23H,10H2,1-5H3/t17-/m1/s1. The van der Waals surface area contributed by atoms with Crippen LogP contribution in [-0.4, -0.2) is 53.7 Å². The lowest BCUT2D eigenvalue weighted by Gasteiger charge is -2.32. The number of amides is 1. The van der Waals surface area contributed by atoms with E-state index >= 15 is 0 Å². The lowest BCUT2D eigenvalue weighted by Crippen LogP contribution is -2.48. The largest absolute Gasteiger partial charge is 0.494 e. The summed E-state index contributed by atoms with van der Waals surface area (Å²) in [7, 11) is 0.475. The van der Waals surface area contributed by atoms with E-state index in [1.165, 1.54) is 25.2 Å². The summed E-state index contributed by atoms with van der Waals surface area (Å²) in [6.07, 6.45) is 0. The molecule has 0 aliphatic carbocycles. The quantitative estimate of drug-likeness (QED) is 0.814. The van der Waals surface area contributed by atoms with Crippen LogP contribution in [-0.2, 0) is 19.7 Å². The number of carbonyl (C=O) groups excluding carboxylic acids is 1. The van der Waals surface area contributed by atoms with Crippen molar-refractivity contribution in [3.05, 3.63) is 29.8 Å². The number of halogens is 2. The van der Waals surface area contributed by atoms with E-state index in [0.29, 0.717) is 5.46 Å². The van der Waals surface area contributed by atoms with Crippen LogP contribution in [0.15, 0.2) is 24.3 Å². The van der Waals surface area contributed by atoms with Crippen LogP contribution in [0.3, 0.4) is 0 Å². The molecule has 0 saturated carbocycles. The average Bonchev–Trinajstić information content (AvgIpc) is 2.81. The Morgan fingerprint density at radius 1 is 1.16 bits per heavy atom. The summed E-state index contributed by atoms with van der Waals surface area (Å²) < 4.78 is 40.5. The number of benzene rings is 1. The summed E-state index contributed by atoms with van der Waals surface area (Å²) in [6.45, 7) is 6.70. The number of carbonyl (C=O) groups is 1. The molecule has 1 aromatic carbocycles. The number of hydrogen-bond donors (Lipinski definition) is 1. The molecule has 25 heavy (non-hydrogen) atoms. The first-order valence-corrected chi connectivity index (χ1v) is 8.14. The Morgan fingerprint density at radius 3 is 2.20 bits per heavy atom. The normalized spacial score (nSPS) is 30.2. The first-order valence-electron chi connectivity index (χ1n) is 8.14. The highest BCUT2D eigenvalue weighted by atomic mass is 19.3. The second-order valence-electron chi connectivity index (χ2n) is 7.79. The minimum atomic E-state index is -3.59. The Labute approximate surface area is 146 Å². The van der Waals surface area contributed by atoms with E-state index in [1.54, 1.807) is 6.07 Å². The Bertz CT molecular complexity index is 708. The lowest BCUT2D eigenvalue weighted by molar-refractivity contribution is -0.173. The molecule has 0 spiro atoms. The summed E-state index contributed by atoms with van der Waals surface area (Å²) in [4.78, 5) is 13.1. The number of likely N-dealkylation sites (N-methyl/N-ethyl adjacent to an activating group) is 1. The van der Waals surface area contributed by atoms with Crippen molar-refractivity contribution in [1.29, 1.82) is 0 Å². The SMILES string of the molecule is CN1CC(F)(F)[C@@](O)(c2cccc(B3OC(C)(C)C(C)(C)O3)c2)C1=O. The van der Waals surface area contributed by atoms with Gasteiger partial charge in [-0.25, -0.2) is 8.78 Å². The third-order valence-corrected chi connectivity index (χ3v) is 5.45. The zero-order valence-electron chi connectivity index (χ0n) is 15.0. The molecule has 1 aromatic rings. The van der Waals surface area contributed by atoms with Gasteiger partial charge in [0, 0.05) is 7.05 Å². The van der Waals surface area contributed by atoms with Crippen molar-refractivity contribution in [2.45, 2.75) is 50.4 Å². The average molecular weight is 353 g/mol. The fourth-order valence-electron chi connectivity index (χ4n) is 3.14. The van der Waals surface area contributed by atoms with Gasteiger partial charge in [0.15, 0.2) is 0 Å². The third kappa shape index (κ3) is 2.50. The van der Waals surface area contributed by atoms with Gasteiger partial charge in [-0.1, -0.05) is 24.3 Å². The van der Waals surface area contributed by atoms with Crippen LogP contribution < -0.4 is 5.46 Å². The zero-order chi connectivity index (χ0) is 18.8. The van der Waals surface area contributed by atoms with Crippen LogP contribution in [0.4, 0.5) is 8.78 Å². The van der Waals surface area contributed by atoms with E-state index in [-0.39, 0.29) is 5.56 Å². The summed E-state index contributed by atoms with van der Waals surface area (Å²) >= 11 is 0. The fourth-order valence-corrected chi connectivity index (χ4v) is 3.14. The summed E-state index contributed by atoms with van der Waals surface area (Å²) in [6, 6.07) is 5.85. The number of likely N-dealkylation sites (tertiary alicyclic amines) is 1. The minimum Gasteiger partial charge on any atom is -0.399 e. The molecule has 8 heteroatoms. The van der Waals surface area contributed by atoms with E-state index in [4.69, 9.17) is 9.31 Å². The highest BCUT2D eigenvalue weighted by molar-refractivity contribution is 6.62. The Morgan fingerprint density at radius 2 is 1.72 bits per heavy atom. The minimum absolute atomic E-state index is 0.168. The van der Waals surface area contributed by atoms with Crippen molar-refractivity contribution < 1.29 is 28.0 Å². The molecule has 2 aliphatic heterocycles. The van der Waals surface area contributed by atoms with E-state index in [1.807, 2.05) is 27.7 Å². The monoisotopic (exact) mass is 353 g/mol. The molecule has 2 heterocycles. The molecule has 5 nitrogen and oxygen atoms in total. The van der Waals surface area contributed by atoms with Crippen LogP contribution in [0.2, 0.25) is 0 Å². The molecule has 1 atom stereocenters. The molecule has 136 valence electrons. The second kappa shape index (κ2) is 5.25. The molecule has 1 amide bonds. The molecule has 0 bridgehead atoms. The second-order valence-corrected chi connectivity index (χ2v) is 7.79. The van der Waals surface area contributed by atoms with Crippen molar-refractivity contribution in [2.75, 3.05) is 13.6 Å². The van der Waals surface area contributed by atoms with E-state index in [2.05, 4.69) is 0 Å². The van der Waals surface area contributed by atoms with Crippen LogP contribution in [0, 0.1) is 0 Å². The van der Waals surface area contributed by atoms with Crippen molar-refractivity contribution >= 4 is 18.5 Å². The molecule has 0 radical (unpaired) electrons. The van der Waals surface area contributed by atoms with Crippen LogP contribution in [0.25, 0.3) is 0 Å². The van der Waals surface area contributed by atoms with Crippen molar-refractivity contribution in [3.8, 4) is 0 Å². The number of nitrogens with zero attached hydrogens (tertiary/aromatic N) is 1. The molecular weight excluding hydrogens is 331 g/mol. The van der Waals surface area contributed by atoms with Gasteiger partial charge in [0.2, 0.25) is 5.60 Å². The molecule has 1 N–H and O–H groups in total. The molecular formula is C17H22BF2NO4. The van der Waals surface area contributed by atoms with Crippen LogP contribution in [0.5, 0.6) is 0 Å². The predicted molar refractivity (Wildman–Crippen MR) is 88.6 cm³/mol. The van der Waals surface area contributed by atoms with Gasteiger partial charge in [0.05, 0.1) is 17.7 Å². The van der Waals surface area contributed by atoms with Gasteiger partial charge in [-0.3, -0.25) is 4.79 Å². The Kier molecular flexibility index (Phi) is 3.84. The third-order valence-electron chi connectivity index (χ3n) is 5.45. The van der Waals surface area contributed by atoms with Crippen LogP contribution >= 0.6 is 0 Å². The Balaban J connectivity index is 2.00. The van der Waals surface area contributed by atoms with Crippen molar-refractivity contribution in [1.82, 2.24) is 4.90 Å². The molecule has 0 unspecified atom stereocenters. The van der Waals surface area contributed by atoms with Gasteiger partial charge in [0.1, 0.15) is 0 Å². The molecule has 2 saturated heterocycles. The maximum absolute atomic E-state index is 14.4. The highest BCUT2D eigenvalue weighted by Gasteiger charge is 2.66. The van der Waals surface area contributed by atoms with Gasteiger partial charge >= 0.3 is 13.0 Å². The molecule has 2 aliphatic rings. The lowest BCUT2D eigenvalue weighted by atomic mass is 9.76. The van der Waals surface area contributed by atoms with E-state index < -0.39 is 42.3 Å². The van der Waals surface area contributed by atoms with Gasteiger partial charge in [-0.05, 0) is 38.7 Å². The van der Waals surface area contributed by atoms with Gasteiger partial charge in [-0.2, -0.15) is 0 Å². The summed E-state index contributed by atoms with van der Waals surface area (Å²) in [5, 5.41) is 10.6. The highest BCUT2D eigenvalue weighted by Crippen LogP contribution is 2.44. The summed E-state index contributed by atoms with van der Waals surface area (Å²) in [5.41, 5.74) is -3.75. The maximum atomic E-state index is 14.4. The Hall–Kier alpha value is -1.51. The molecule has 3 rings (SSSR count). The van der Waals surface area contributed by atoms with Crippen molar-refractivity contribution in [2.24, 2.45) is 0 Å². The van der Waals surface area contributed by atoms with E-state index in [9.17, 15) is 18.7 Å². The van der Waals surface area contributed by atoms with E-state index in [0.717, 1.165) is 4.90 Å². The smallest absolute Gasteiger partial charge is 0.399 e.